The van der Waals surface area contributed by atoms with Crippen molar-refractivity contribution in [3.8, 4) is 0 Å². The van der Waals surface area contributed by atoms with E-state index < -0.39 is 14.4 Å². The van der Waals surface area contributed by atoms with Crippen molar-refractivity contribution in [2.45, 2.75) is 25.5 Å². The van der Waals surface area contributed by atoms with Crippen LogP contribution in [0, 0.1) is 5.41 Å². The Morgan fingerprint density at radius 3 is 2.45 bits per heavy atom. The smallest absolute Gasteiger partial charge is 0.309 e. The molecule has 0 aromatic rings. The van der Waals surface area contributed by atoms with E-state index in [0.717, 1.165) is 0 Å². The second kappa shape index (κ2) is 4.08. The number of nitrogens with one attached hydrogen (secondary N) is 1. The number of rotatable bonds is 4. The van der Waals surface area contributed by atoms with Crippen LogP contribution in [0.25, 0.3) is 0 Å². The predicted molar refractivity (Wildman–Crippen MR) is 46.6 cm³/mol. The van der Waals surface area contributed by atoms with Crippen molar-refractivity contribution in [3.63, 3.8) is 0 Å². The van der Waals surface area contributed by atoms with Crippen LogP contribution in [0.2, 0.25) is 0 Å². The van der Waals surface area contributed by atoms with Gasteiger partial charge in [-0.25, -0.2) is 0 Å². The Labute approximate surface area is 70.0 Å². The SMILES string of the molecule is CCC(=N)C(C)SS(=O)(=O)O. The fourth-order valence-corrected chi connectivity index (χ4v) is 2.62. The molecule has 0 aromatic heterocycles. The van der Waals surface area contributed by atoms with E-state index in [-0.39, 0.29) is 0 Å². The summed E-state index contributed by atoms with van der Waals surface area (Å²) in [5.41, 5.74) is 0.313. The van der Waals surface area contributed by atoms with E-state index in [1.54, 1.807) is 13.8 Å². The number of hydrogen-bond donors (Lipinski definition) is 2. The molecule has 0 bridgehead atoms. The highest BCUT2D eigenvalue weighted by Gasteiger charge is 2.15. The molecule has 0 rings (SSSR count). The molecule has 4 nitrogen and oxygen atoms in total. The Hall–Kier alpha value is -0.0700. The highest BCUT2D eigenvalue weighted by Crippen LogP contribution is 2.18. The lowest BCUT2D eigenvalue weighted by Crippen LogP contribution is -2.13. The summed E-state index contributed by atoms with van der Waals surface area (Å²) in [6.45, 7) is 3.34. The van der Waals surface area contributed by atoms with Crippen LogP contribution in [0.1, 0.15) is 20.3 Å². The molecule has 0 aromatic carbocycles. The van der Waals surface area contributed by atoms with Gasteiger partial charge in [0.05, 0.1) is 5.25 Å². The van der Waals surface area contributed by atoms with Crippen molar-refractivity contribution >= 4 is 25.7 Å². The van der Waals surface area contributed by atoms with Crippen LogP contribution in [0.5, 0.6) is 0 Å². The highest BCUT2D eigenvalue weighted by molar-refractivity contribution is 8.70. The third-order valence-corrected chi connectivity index (χ3v) is 3.55. The van der Waals surface area contributed by atoms with Crippen molar-refractivity contribution in [1.29, 1.82) is 5.41 Å². The zero-order valence-corrected chi connectivity index (χ0v) is 8.00. The van der Waals surface area contributed by atoms with Crippen LogP contribution in [0.4, 0.5) is 0 Å². The molecule has 0 amide bonds. The van der Waals surface area contributed by atoms with Gasteiger partial charge >= 0.3 is 9.15 Å². The Bertz CT molecular complexity index is 234. The van der Waals surface area contributed by atoms with Gasteiger partial charge < -0.3 is 5.41 Å². The summed E-state index contributed by atoms with van der Waals surface area (Å²) >= 11 is 0. The minimum Gasteiger partial charge on any atom is -0.309 e. The van der Waals surface area contributed by atoms with Gasteiger partial charge in [-0.2, -0.15) is 8.42 Å². The molecule has 0 aliphatic rings. The molecule has 0 heterocycles. The molecule has 0 aliphatic carbocycles. The van der Waals surface area contributed by atoms with E-state index in [2.05, 4.69) is 0 Å². The van der Waals surface area contributed by atoms with Crippen LogP contribution >= 0.6 is 10.8 Å². The molecule has 1 unspecified atom stereocenters. The van der Waals surface area contributed by atoms with E-state index in [0.29, 0.717) is 22.9 Å². The molecule has 0 fully saturated rings. The van der Waals surface area contributed by atoms with Gasteiger partial charge in [0.15, 0.2) is 0 Å². The lowest BCUT2D eigenvalue weighted by molar-refractivity contribution is 0.503. The quantitative estimate of drug-likeness (QED) is 0.405. The zero-order valence-electron chi connectivity index (χ0n) is 6.36. The number of hydrogen-bond acceptors (Lipinski definition) is 4. The van der Waals surface area contributed by atoms with Gasteiger partial charge in [0.25, 0.3) is 0 Å². The fourth-order valence-electron chi connectivity index (χ4n) is 0.528. The summed E-state index contributed by atoms with van der Waals surface area (Å²) in [6.07, 6.45) is 0.504. The first-order valence-electron chi connectivity index (χ1n) is 3.09. The average Bonchev–Trinajstić information content (AvgIpc) is 1.82. The third kappa shape index (κ3) is 5.23. The Balaban J connectivity index is 4.09. The van der Waals surface area contributed by atoms with Gasteiger partial charge in [0, 0.05) is 16.5 Å². The molecule has 66 valence electrons. The Morgan fingerprint density at radius 2 is 2.18 bits per heavy atom. The lowest BCUT2D eigenvalue weighted by atomic mass is 10.2. The van der Waals surface area contributed by atoms with Crippen LogP contribution in [-0.2, 0) is 9.15 Å². The first kappa shape index (κ1) is 10.9. The summed E-state index contributed by atoms with van der Waals surface area (Å²) in [5.74, 6) is 0. The van der Waals surface area contributed by atoms with Crippen molar-refractivity contribution in [2.24, 2.45) is 0 Å². The fraction of sp³-hybridized carbons (Fsp3) is 0.800. The van der Waals surface area contributed by atoms with E-state index in [1.165, 1.54) is 0 Å². The Kier molecular flexibility index (Phi) is 4.05. The summed E-state index contributed by atoms with van der Waals surface area (Å²) in [5, 5.41) is 6.76. The average molecular weight is 197 g/mol. The van der Waals surface area contributed by atoms with Crippen molar-refractivity contribution in [2.75, 3.05) is 0 Å². The standard InChI is InChI=1S/C5H11NO3S2/c1-3-5(6)4(2)10-11(7,8)9/h4,6H,3H2,1-2H3,(H,7,8,9). The summed E-state index contributed by atoms with van der Waals surface area (Å²) in [6, 6.07) is 0. The first-order chi connectivity index (χ1) is 4.87. The van der Waals surface area contributed by atoms with Gasteiger partial charge in [-0.1, -0.05) is 6.92 Å². The van der Waals surface area contributed by atoms with Crippen LogP contribution in [0.15, 0.2) is 0 Å². The van der Waals surface area contributed by atoms with Gasteiger partial charge in [-0.3, -0.25) is 4.55 Å². The zero-order chi connectivity index (χ0) is 9.07. The van der Waals surface area contributed by atoms with Crippen LogP contribution in [-0.4, -0.2) is 23.9 Å². The molecular weight excluding hydrogens is 186 g/mol. The van der Waals surface area contributed by atoms with E-state index >= 15 is 0 Å². The van der Waals surface area contributed by atoms with Gasteiger partial charge in [0.1, 0.15) is 0 Å². The summed E-state index contributed by atoms with van der Waals surface area (Å²) in [7, 11) is -3.61. The van der Waals surface area contributed by atoms with E-state index in [9.17, 15) is 8.42 Å². The van der Waals surface area contributed by atoms with E-state index in [1.807, 2.05) is 0 Å². The van der Waals surface area contributed by atoms with Crippen molar-refractivity contribution in [1.82, 2.24) is 0 Å². The minimum atomic E-state index is -4.00. The van der Waals surface area contributed by atoms with Gasteiger partial charge in [-0.15, -0.1) is 0 Å². The normalized spacial score (nSPS) is 14.5. The maximum atomic E-state index is 10.3. The molecule has 1 atom stereocenters. The molecule has 0 saturated heterocycles. The summed E-state index contributed by atoms with van der Waals surface area (Å²) in [4.78, 5) is 0. The lowest BCUT2D eigenvalue weighted by Gasteiger charge is -2.07. The molecule has 0 aliphatic heterocycles. The predicted octanol–water partition coefficient (Wildman–Crippen LogP) is 1.34. The molecule has 0 spiro atoms. The molecule has 0 saturated carbocycles. The van der Waals surface area contributed by atoms with E-state index in [4.69, 9.17) is 9.96 Å². The van der Waals surface area contributed by atoms with Gasteiger partial charge in [-0.05, 0) is 13.3 Å². The molecule has 6 heteroatoms. The van der Waals surface area contributed by atoms with Crippen molar-refractivity contribution < 1.29 is 13.0 Å². The van der Waals surface area contributed by atoms with Gasteiger partial charge in [0.2, 0.25) is 0 Å². The summed E-state index contributed by atoms with van der Waals surface area (Å²) < 4.78 is 28.9. The second-order valence-electron chi connectivity index (χ2n) is 2.04. The largest absolute Gasteiger partial charge is 0.320 e. The maximum absolute atomic E-state index is 10.3. The third-order valence-electron chi connectivity index (χ3n) is 1.14. The topological polar surface area (TPSA) is 78.2 Å². The van der Waals surface area contributed by atoms with Crippen LogP contribution in [0.3, 0.4) is 0 Å². The molecule has 0 radical (unpaired) electrons. The highest BCUT2D eigenvalue weighted by atomic mass is 33.1. The Morgan fingerprint density at radius 1 is 1.73 bits per heavy atom. The van der Waals surface area contributed by atoms with Crippen LogP contribution < -0.4 is 0 Å². The molecule has 11 heavy (non-hydrogen) atoms. The monoisotopic (exact) mass is 197 g/mol. The maximum Gasteiger partial charge on any atom is 0.320 e. The van der Waals surface area contributed by atoms with Crippen molar-refractivity contribution in [3.05, 3.63) is 0 Å². The molecule has 2 N–H and O–H groups in total. The first-order valence-corrected chi connectivity index (χ1v) is 5.93. The molecular formula is C5H11NO3S2. The second-order valence-corrected chi connectivity index (χ2v) is 5.64. The minimum absolute atomic E-state index is 0.313.